The van der Waals surface area contributed by atoms with Crippen molar-refractivity contribution < 1.29 is 9.53 Å². The van der Waals surface area contributed by atoms with Gasteiger partial charge in [-0.2, -0.15) is 5.10 Å². The van der Waals surface area contributed by atoms with E-state index in [2.05, 4.69) is 20.6 Å². The van der Waals surface area contributed by atoms with E-state index in [1.165, 1.54) is 4.68 Å². The summed E-state index contributed by atoms with van der Waals surface area (Å²) in [5.41, 5.74) is 2.68. The Morgan fingerprint density at radius 1 is 1.16 bits per heavy atom. The average Bonchev–Trinajstić information content (AvgIpc) is 3.22. The number of carbonyl (C=O) groups excluding carboxylic acids is 1. The first-order valence-corrected chi connectivity index (χ1v) is 10.0. The molecule has 4 rings (SSSR count). The van der Waals surface area contributed by atoms with Gasteiger partial charge in [0.25, 0.3) is 5.56 Å². The maximum atomic E-state index is 13.1. The molecule has 0 aliphatic rings. The molecule has 1 atom stereocenters. The Bertz CT molecular complexity index is 1320. The summed E-state index contributed by atoms with van der Waals surface area (Å²) in [7, 11) is 1.65. The number of pyridine rings is 1. The van der Waals surface area contributed by atoms with Gasteiger partial charge in [0.05, 0.1) is 22.9 Å². The van der Waals surface area contributed by atoms with Crippen molar-refractivity contribution in [1.29, 1.82) is 0 Å². The van der Waals surface area contributed by atoms with Crippen LogP contribution >= 0.6 is 0 Å². The lowest BCUT2D eigenvalue weighted by Crippen LogP contribution is -2.31. The molecule has 0 aliphatic carbocycles. The van der Waals surface area contributed by atoms with Gasteiger partial charge in [-0.25, -0.2) is 4.68 Å². The maximum absolute atomic E-state index is 13.1. The summed E-state index contributed by atoms with van der Waals surface area (Å²) < 4.78 is 8.33. The summed E-state index contributed by atoms with van der Waals surface area (Å²) >= 11 is 0. The van der Waals surface area contributed by atoms with Crippen LogP contribution in [0.5, 0.6) is 0 Å². The van der Waals surface area contributed by atoms with Crippen molar-refractivity contribution in [2.45, 2.75) is 39.3 Å². The Hall–Kier alpha value is -3.59. The minimum absolute atomic E-state index is 0.0710. The van der Waals surface area contributed by atoms with Crippen molar-refractivity contribution >= 4 is 28.0 Å². The molecule has 31 heavy (non-hydrogen) atoms. The zero-order valence-corrected chi connectivity index (χ0v) is 17.9. The second-order valence-electron chi connectivity index (χ2n) is 7.75. The summed E-state index contributed by atoms with van der Waals surface area (Å²) in [5, 5.41) is 16.4. The quantitative estimate of drug-likeness (QED) is 0.514. The highest BCUT2D eigenvalue weighted by atomic mass is 16.5. The van der Waals surface area contributed by atoms with Gasteiger partial charge < -0.3 is 10.1 Å². The maximum Gasteiger partial charge on any atom is 0.275 e. The van der Waals surface area contributed by atoms with Crippen LogP contribution in [0.2, 0.25) is 0 Å². The second-order valence-corrected chi connectivity index (χ2v) is 7.75. The number of aromatic nitrogens is 5. The van der Waals surface area contributed by atoms with Crippen LogP contribution in [-0.4, -0.2) is 37.4 Å². The third-order valence-electron chi connectivity index (χ3n) is 5.25. The van der Waals surface area contributed by atoms with E-state index in [1.807, 2.05) is 32.9 Å². The van der Waals surface area contributed by atoms with Crippen LogP contribution in [0.15, 0.2) is 47.7 Å². The SMILES string of the molecule is COC(C)c1ccc2c(=O)n(CC(=O)Nc3ccc4nncn4c3)nc(C(C)C)c2c1. The number of hydrogen-bond acceptors (Lipinski definition) is 6. The number of carbonyl (C=O) groups is 1. The molecule has 4 aromatic rings. The van der Waals surface area contributed by atoms with Gasteiger partial charge >= 0.3 is 0 Å². The molecule has 9 nitrogen and oxygen atoms in total. The van der Waals surface area contributed by atoms with Crippen molar-refractivity contribution in [1.82, 2.24) is 24.4 Å². The molecule has 3 heterocycles. The molecular weight excluding hydrogens is 396 g/mol. The lowest BCUT2D eigenvalue weighted by atomic mass is 9.99. The summed E-state index contributed by atoms with van der Waals surface area (Å²) in [6.07, 6.45) is 3.16. The van der Waals surface area contributed by atoms with Crippen molar-refractivity contribution in [3.05, 3.63) is 64.5 Å². The van der Waals surface area contributed by atoms with E-state index in [0.717, 1.165) is 16.6 Å². The number of methoxy groups -OCH3 is 1. The molecule has 0 spiro atoms. The number of fused-ring (bicyclic) bond motifs is 2. The fraction of sp³-hybridized carbons (Fsp3) is 0.318. The van der Waals surface area contributed by atoms with Crippen molar-refractivity contribution in [2.75, 3.05) is 12.4 Å². The molecule has 1 aromatic carbocycles. The standard InChI is InChI=1S/C22H24N6O3/c1-13(2)21-18-9-15(14(3)31-4)5-7-17(18)22(30)28(26-21)11-20(29)24-16-6-8-19-25-23-12-27(19)10-16/h5-10,12-14H,11H2,1-4H3,(H,24,29). The Morgan fingerprint density at radius 2 is 1.97 bits per heavy atom. The van der Waals surface area contributed by atoms with Gasteiger partial charge in [0.1, 0.15) is 12.9 Å². The molecular formula is C22H24N6O3. The van der Waals surface area contributed by atoms with Crippen LogP contribution < -0.4 is 10.9 Å². The highest BCUT2D eigenvalue weighted by molar-refractivity contribution is 5.91. The molecule has 1 unspecified atom stereocenters. The number of anilines is 1. The van der Waals surface area contributed by atoms with Gasteiger partial charge in [-0.15, -0.1) is 10.2 Å². The van der Waals surface area contributed by atoms with Gasteiger partial charge in [0.2, 0.25) is 5.91 Å². The van der Waals surface area contributed by atoms with E-state index < -0.39 is 0 Å². The van der Waals surface area contributed by atoms with Gasteiger partial charge in [0.15, 0.2) is 5.65 Å². The Morgan fingerprint density at radius 3 is 2.71 bits per heavy atom. The smallest absolute Gasteiger partial charge is 0.275 e. The topological polar surface area (TPSA) is 103 Å². The van der Waals surface area contributed by atoms with E-state index in [0.29, 0.717) is 16.7 Å². The molecule has 3 aromatic heterocycles. The van der Waals surface area contributed by atoms with Crippen LogP contribution in [0, 0.1) is 0 Å². The van der Waals surface area contributed by atoms with E-state index in [-0.39, 0.29) is 30.0 Å². The Labute approximate surface area is 178 Å². The minimum Gasteiger partial charge on any atom is -0.377 e. The van der Waals surface area contributed by atoms with Crippen LogP contribution in [0.4, 0.5) is 5.69 Å². The molecule has 1 amide bonds. The fourth-order valence-corrected chi connectivity index (χ4v) is 3.49. The summed E-state index contributed by atoms with van der Waals surface area (Å²) in [6.45, 7) is 5.78. The van der Waals surface area contributed by atoms with Crippen molar-refractivity contribution in [3.63, 3.8) is 0 Å². The average molecular weight is 420 g/mol. The van der Waals surface area contributed by atoms with E-state index in [1.54, 1.807) is 42.2 Å². The molecule has 0 saturated heterocycles. The molecule has 0 aliphatic heterocycles. The molecule has 1 N–H and O–H groups in total. The van der Waals surface area contributed by atoms with E-state index in [4.69, 9.17) is 4.74 Å². The first kappa shape index (κ1) is 20.7. The number of ether oxygens (including phenoxy) is 1. The number of nitrogens with one attached hydrogen (secondary N) is 1. The molecule has 0 bridgehead atoms. The van der Waals surface area contributed by atoms with E-state index >= 15 is 0 Å². The first-order valence-electron chi connectivity index (χ1n) is 10.0. The normalized spacial score (nSPS) is 12.5. The predicted octanol–water partition coefficient (Wildman–Crippen LogP) is 2.91. The predicted molar refractivity (Wildman–Crippen MR) is 117 cm³/mol. The number of rotatable bonds is 6. The highest BCUT2D eigenvalue weighted by Gasteiger charge is 2.17. The van der Waals surface area contributed by atoms with Gasteiger partial charge in [-0.05, 0) is 42.7 Å². The zero-order chi connectivity index (χ0) is 22.1. The molecule has 0 fully saturated rings. The number of nitrogens with zero attached hydrogens (tertiary/aromatic N) is 5. The largest absolute Gasteiger partial charge is 0.377 e. The Balaban J connectivity index is 1.67. The number of amides is 1. The summed E-state index contributed by atoms with van der Waals surface area (Å²) in [5.74, 6) is -0.276. The summed E-state index contributed by atoms with van der Waals surface area (Å²) in [6, 6.07) is 9.09. The van der Waals surface area contributed by atoms with Crippen molar-refractivity contribution in [3.8, 4) is 0 Å². The molecule has 0 saturated carbocycles. The van der Waals surface area contributed by atoms with Crippen molar-refractivity contribution in [2.24, 2.45) is 0 Å². The minimum atomic E-state index is -0.347. The van der Waals surface area contributed by atoms with Crippen LogP contribution in [0.1, 0.15) is 44.1 Å². The lowest BCUT2D eigenvalue weighted by Gasteiger charge is -2.16. The summed E-state index contributed by atoms with van der Waals surface area (Å²) in [4.78, 5) is 25.7. The lowest BCUT2D eigenvalue weighted by molar-refractivity contribution is -0.117. The van der Waals surface area contributed by atoms with Gasteiger partial charge in [-0.1, -0.05) is 19.9 Å². The molecule has 0 radical (unpaired) electrons. The van der Waals surface area contributed by atoms with Gasteiger partial charge in [0, 0.05) is 18.7 Å². The highest BCUT2D eigenvalue weighted by Crippen LogP contribution is 2.25. The first-order chi connectivity index (χ1) is 14.9. The number of benzene rings is 1. The monoisotopic (exact) mass is 420 g/mol. The van der Waals surface area contributed by atoms with Crippen LogP contribution in [0.25, 0.3) is 16.4 Å². The van der Waals surface area contributed by atoms with Crippen LogP contribution in [-0.2, 0) is 16.1 Å². The zero-order valence-electron chi connectivity index (χ0n) is 17.9. The third-order valence-corrected chi connectivity index (χ3v) is 5.25. The Kier molecular flexibility index (Phi) is 5.51. The van der Waals surface area contributed by atoms with E-state index in [9.17, 15) is 9.59 Å². The molecule has 9 heteroatoms. The molecule has 160 valence electrons. The van der Waals surface area contributed by atoms with Gasteiger partial charge in [-0.3, -0.25) is 14.0 Å². The van der Waals surface area contributed by atoms with Crippen LogP contribution in [0.3, 0.4) is 0 Å². The second kappa shape index (κ2) is 8.27. The number of hydrogen-bond donors (Lipinski definition) is 1. The fourth-order valence-electron chi connectivity index (χ4n) is 3.49. The third kappa shape index (κ3) is 4.04.